The number of aromatic nitrogens is 2. The second-order valence-electron chi connectivity index (χ2n) is 5.33. The van der Waals surface area contributed by atoms with Gasteiger partial charge >= 0.3 is 5.97 Å². The molecule has 1 N–H and O–H groups in total. The van der Waals surface area contributed by atoms with E-state index in [4.69, 9.17) is 27.9 Å². The Morgan fingerprint density at radius 1 is 1.28 bits per heavy atom. The minimum atomic E-state index is -0.638. The highest BCUT2D eigenvalue weighted by atomic mass is 35.5. The summed E-state index contributed by atoms with van der Waals surface area (Å²) in [5, 5.41) is 7.70. The molecule has 2 rings (SSSR count). The zero-order chi connectivity index (χ0) is 18.6. The molecule has 0 atom stereocenters. The van der Waals surface area contributed by atoms with E-state index in [2.05, 4.69) is 10.4 Å². The molecule has 0 spiro atoms. The molecule has 0 aliphatic rings. The quantitative estimate of drug-likeness (QED) is 0.634. The Hall–Kier alpha value is -2.31. The maximum absolute atomic E-state index is 11.9. The molecule has 132 valence electrons. The molecule has 1 aromatic heterocycles. The Labute approximate surface area is 155 Å². The SMILES string of the molecule is Cc1nn(C)c(C)c1NC(=O)COC(=O)/C=C/c1ccc(Cl)c(Cl)c1. The maximum Gasteiger partial charge on any atom is 0.331 e. The van der Waals surface area contributed by atoms with Gasteiger partial charge in [0.2, 0.25) is 0 Å². The van der Waals surface area contributed by atoms with Crippen LogP contribution in [0.4, 0.5) is 5.69 Å². The zero-order valence-corrected chi connectivity index (χ0v) is 15.5. The molecule has 0 aliphatic heterocycles. The van der Waals surface area contributed by atoms with Crippen molar-refractivity contribution in [2.45, 2.75) is 13.8 Å². The first-order valence-corrected chi connectivity index (χ1v) is 8.13. The first-order chi connectivity index (χ1) is 11.8. The summed E-state index contributed by atoms with van der Waals surface area (Å²) in [7, 11) is 1.78. The van der Waals surface area contributed by atoms with E-state index >= 15 is 0 Å². The molecule has 0 fully saturated rings. The minimum absolute atomic E-state index is 0.388. The molecular weight excluding hydrogens is 365 g/mol. The summed E-state index contributed by atoms with van der Waals surface area (Å²) in [5.74, 6) is -1.07. The predicted molar refractivity (Wildman–Crippen MR) is 97.8 cm³/mol. The topological polar surface area (TPSA) is 73.2 Å². The molecule has 6 nitrogen and oxygen atoms in total. The number of ether oxygens (including phenoxy) is 1. The van der Waals surface area contributed by atoms with Crippen LogP contribution in [0.25, 0.3) is 6.08 Å². The summed E-state index contributed by atoms with van der Waals surface area (Å²) in [4.78, 5) is 23.6. The number of aryl methyl sites for hydroxylation is 2. The lowest BCUT2D eigenvalue weighted by molar-refractivity contribution is -0.142. The lowest BCUT2D eigenvalue weighted by Crippen LogP contribution is -2.20. The third-order valence-electron chi connectivity index (χ3n) is 3.47. The molecule has 0 aliphatic carbocycles. The summed E-state index contributed by atoms with van der Waals surface area (Å²) in [6.07, 6.45) is 2.74. The van der Waals surface area contributed by atoms with Crippen molar-refractivity contribution in [3.8, 4) is 0 Å². The van der Waals surface area contributed by atoms with Gasteiger partial charge in [0.25, 0.3) is 5.91 Å². The monoisotopic (exact) mass is 381 g/mol. The van der Waals surface area contributed by atoms with Crippen molar-refractivity contribution in [3.63, 3.8) is 0 Å². The van der Waals surface area contributed by atoms with Crippen molar-refractivity contribution in [3.05, 3.63) is 51.3 Å². The van der Waals surface area contributed by atoms with Crippen molar-refractivity contribution < 1.29 is 14.3 Å². The Bertz CT molecular complexity index is 844. The van der Waals surface area contributed by atoms with Crippen LogP contribution in [0.5, 0.6) is 0 Å². The molecule has 1 amide bonds. The van der Waals surface area contributed by atoms with Gasteiger partial charge in [-0.2, -0.15) is 5.10 Å². The number of rotatable bonds is 5. The van der Waals surface area contributed by atoms with Crippen molar-refractivity contribution >= 4 is 46.8 Å². The van der Waals surface area contributed by atoms with Gasteiger partial charge in [-0.3, -0.25) is 9.48 Å². The van der Waals surface area contributed by atoms with Crippen LogP contribution in [0.15, 0.2) is 24.3 Å². The number of amides is 1. The third kappa shape index (κ3) is 5.08. The Morgan fingerprint density at radius 3 is 2.60 bits per heavy atom. The fourth-order valence-electron chi connectivity index (χ4n) is 2.10. The van der Waals surface area contributed by atoms with E-state index in [1.165, 1.54) is 12.2 Å². The van der Waals surface area contributed by atoms with E-state index in [0.717, 1.165) is 5.69 Å². The summed E-state index contributed by atoms with van der Waals surface area (Å²) < 4.78 is 6.58. The normalized spacial score (nSPS) is 10.9. The second kappa shape index (κ2) is 8.18. The number of carbonyl (C=O) groups excluding carboxylic acids is 2. The van der Waals surface area contributed by atoms with E-state index < -0.39 is 18.5 Å². The fraction of sp³-hybridized carbons (Fsp3) is 0.235. The summed E-state index contributed by atoms with van der Waals surface area (Å²) in [5.41, 5.74) is 2.82. The van der Waals surface area contributed by atoms with E-state index in [9.17, 15) is 9.59 Å². The van der Waals surface area contributed by atoms with Gasteiger partial charge in [0, 0.05) is 13.1 Å². The van der Waals surface area contributed by atoms with E-state index in [1.54, 1.807) is 36.9 Å². The van der Waals surface area contributed by atoms with Crippen molar-refractivity contribution in [1.29, 1.82) is 0 Å². The van der Waals surface area contributed by atoms with E-state index in [-0.39, 0.29) is 0 Å². The fourth-order valence-corrected chi connectivity index (χ4v) is 2.40. The molecule has 2 aromatic rings. The number of hydrogen-bond donors (Lipinski definition) is 1. The van der Waals surface area contributed by atoms with E-state index in [0.29, 0.717) is 27.0 Å². The van der Waals surface area contributed by atoms with Gasteiger partial charge in [-0.15, -0.1) is 0 Å². The molecule has 1 heterocycles. The third-order valence-corrected chi connectivity index (χ3v) is 4.21. The van der Waals surface area contributed by atoms with Crippen LogP contribution in [0, 0.1) is 13.8 Å². The Morgan fingerprint density at radius 2 is 2.00 bits per heavy atom. The summed E-state index contributed by atoms with van der Waals surface area (Å²) in [6.45, 7) is 3.23. The van der Waals surface area contributed by atoms with Crippen LogP contribution in [-0.2, 0) is 21.4 Å². The Kier molecular flexibility index (Phi) is 6.22. The zero-order valence-electron chi connectivity index (χ0n) is 14.0. The standard InChI is InChI=1S/C17H17Cl2N3O3/c1-10-17(11(2)22(3)21-10)20-15(23)9-25-16(24)7-5-12-4-6-13(18)14(19)8-12/h4-8H,9H2,1-3H3,(H,20,23)/b7-5+. The summed E-state index contributed by atoms with van der Waals surface area (Å²) >= 11 is 11.7. The van der Waals surface area contributed by atoms with Gasteiger partial charge in [0.1, 0.15) is 0 Å². The number of hydrogen-bond acceptors (Lipinski definition) is 4. The molecule has 0 bridgehead atoms. The molecule has 0 saturated heterocycles. The van der Waals surface area contributed by atoms with Gasteiger partial charge < -0.3 is 10.1 Å². The minimum Gasteiger partial charge on any atom is -0.452 e. The van der Waals surface area contributed by atoms with Crippen molar-refractivity contribution in [1.82, 2.24) is 9.78 Å². The van der Waals surface area contributed by atoms with Crippen LogP contribution in [0.3, 0.4) is 0 Å². The van der Waals surface area contributed by atoms with Gasteiger partial charge in [-0.25, -0.2) is 4.79 Å². The van der Waals surface area contributed by atoms with Gasteiger partial charge in [0.15, 0.2) is 6.61 Å². The first kappa shape index (κ1) is 19.0. The number of anilines is 1. The smallest absolute Gasteiger partial charge is 0.331 e. The van der Waals surface area contributed by atoms with Gasteiger partial charge in [0.05, 0.1) is 27.1 Å². The lowest BCUT2D eigenvalue weighted by atomic mass is 10.2. The highest BCUT2D eigenvalue weighted by Crippen LogP contribution is 2.23. The Balaban J connectivity index is 1.87. The summed E-state index contributed by atoms with van der Waals surface area (Å²) in [6, 6.07) is 4.95. The van der Waals surface area contributed by atoms with Crippen molar-refractivity contribution in [2.75, 3.05) is 11.9 Å². The first-order valence-electron chi connectivity index (χ1n) is 7.38. The highest BCUT2D eigenvalue weighted by molar-refractivity contribution is 6.42. The average molecular weight is 382 g/mol. The lowest BCUT2D eigenvalue weighted by Gasteiger charge is -2.05. The largest absolute Gasteiger partial charge is 0.452 e. The molecule has 25 heavy (non-hydrogen) atoms. The number of benzene rings is 1. The number of nitrogens with zero attached hydrogens (tertiary/aromatic N) is 2. The number of esters is 1. The molecule has 8 heteroatoms. The molecule has 1 aromatic carbocycles. The van der Waals surface area contributed by atoms with E-state index in [1.807, 2.05) is 6.92 Å². The van der Waals surface area contributed by atoms with Crippen LogP contribution >= 0.6 is 23.2 Å². The second-order valence-corrected chi connectivity index (χ2v) is 6.15. The number of halogens is 2. The average Bonchev–Trinajstić information content (AvgIpc) is 2.80. The van der Waals surface area contributed by atoms with Gasteiger partial charge in [-0.05, 0) is 37.6 Å². The van der Waals surface area contributed by atoms with Crippen molar-refractivity contribution in [2.24, 2.45) is 7.05 Å². The predicted octanol–water partition coefficient (Wildman–Crippen LogP) is 3.54. The number of nitrogens with one attached hydrogen (secondary N) is 1. The van der Waals surface area contributed by atoms with Crippen LogP contribution in [-0.4, -0.2) is 28.3 Å². The highest BCUT2D eigenvalue weighted by Gasteiger charge is 2.13. The maximum atomic E-state index is 11.9. The van der Waals surface area contributed by atoms with Gasteiger partial charge in [-0.1, -0.05) is 29.3 Å². The molecule has 0 saturated carbocycles. The molecular formula is C17H17Cl2N3O3. The molecule has 0 radical (unpaired) electrons. The van der Waals surface area contributed by atoms with Crippen LogP contribution < -0.4 is 5.32 Å². The molecule has 0 unspecified atom stereocenters. The number of carbonyl (C=O) groups is 2. The van der Waals surface area contributed by atoms with Crippen LogP contribution in [0.1, 0.15) is 17.0 Å². The van der Waals surface area contributed by atoms with Crippen LogP contribution in [0.2, 0.25) is 10.0 Å².